The van der Waals surface area contributed by atoms with E-state index in [4.69, 9.17) is 0 Å². The minimum Gasteiger partial charge on any atom is -0.375 e. The Morgan fingerprint density at radius 3 is 1.68 bits per heavy atom. The molecule has 0 aromatic heterocycles. The average molecular weight is 581 g/mol. The molecule has 44 heavy (non-hydrogen) atoms. The van der Waals surface area contributed by atoms with Crippen molar-refractivity contribution in [2.75, 3.05) is 10.6 Å². The van der Waals surface area contributed by atoms with E-state index in [1.165, 1.54) is 17.0 Å². The van der Waals surface area contributed by atoms with Crippen molar-refractivity contribution in [3.63, 3.8) is 0 Å². The topological polar surface area (TPSA) is 24.1 Å². The Kier molecular flexibility index (Phi) is 7.35. The molecule has 1 aliphatic rings. The van der Waals surface area contributed by atoms with E-state index in [2.05, 4.69) is 79.1 Å². The maximum Gasteiger partial charge on any atom is 0.164 e. The van der Waals surface area contributed by atoms with Crippen molar-refractivity contribution >= 4 is 22.1 Å². The molecule has 2 atom stereocenters. The van der Waals surface area contributed by atoms with Gasteiger partial charge in [-0.25, -0.2) is 8.78 Å². The van der Waals surface area contributed by atoms with E-state index in [1.807, 2.05) is 60.7 Å². The van der Waals surface area contributed by atoms with Crippen LogP contribution >= 0.6 is 0 Å². The van der Waals surface area contributed by atoms with Crippen molar-refractivity contribution in [2.24, 2.45) is 0 Å². The molecular weight excluding hydrogens is 546 g/mol. The summed E-state index contributed by atoms with van der Waals surface area (Å²) in [5, 5.41) is 10.1. The number of hydrogen-bond donors (Lipinski definition) is 2. The van der Waals surface area contributed by atoms with Crippen LogP contribution in [0.25, 0.3) is 10.8 Å². The summed E-state index contributed by atoms with van der Waals surface area (Å²) in [5.41, 5.74) is 9.43. The normalized spacial score (nSPS) is 15.5. The zero-order chi connectivity index (χ0) is 30.2. The lowest BCUT2D eigenvalue weighted by Crippen LogP contribution is -2.24. The molecule has 0 heterocycles. The number of halogens is 2. The zero-order valence-corrected chi connectivity index (χ0v) is 24.9. The van der Waals surface area contributed by atoms with Crippen molar-refractivity contribution in [3.8, 4) is 0 Å². The van der Waals surface area contributed by atoms with Gasteiger partial charge >= 0.3 is 0 Å². The molecular formula is C40H34F2N2. The van der Waals surface area contributed by atoms with Gasteiger partial charge in [-0.1, -0.05) is 115 Å². The number of anilines is 2. The molecule has 0 amide bonds. The second kappa shape index (κ2) is 11.6. The second-order valence-corrected chi connectivity index (χ2v) is 11.8. The van der Waals surface area contributed by atoms with Crippen LogP contribution in [-0.2, 0) is 12.8 Å². The lowest BCUT2D eigenvalue weighted by molar-refractivity contribution is 0.499. The molecule has 218 valence electrons. The maximum atomic E-state index is 16.0. The smallest absolute Gasteiger partial charge is 0.164 e. The van der Waals surface area contributed by atoms with Crippen LogP contribution < -0.4 is 10.6 Å². The standard InChI is InChI=1S/C40H34F2N2/c1-25-12-9-13-26(2)37(25)43-39-31-20-10-18-29-19-11-21-32(35(29)31)40(39)44-38-30(22-27-14-5-3-6-15-27)24-34(41)36(42)33(38)23-28-16-7-4-8-17-28/h3-21,24,39-40,43-44H,22-23H2,1-2H3. The molecule has 0 saturated heterocycles. The van der Waals surface area contributed by atoms with Crippen molar-refractivity contribution in [3.05, 3.63) is 177 Å². The Hall–Kier alpha value is -4.96. The summed E-state index contributed by atoms with van der Waals surface area (Å²) in [7, 11) is 0. The first kappa shape index (κ1) is 27.8. The summed E-state index contributed by atoms with van der Waals surface area (Å²) in [6.07, 6.45) is 0.744. The molecule has 7 rings (SSSR count). The van der Waals surface area contributed by atoms with Crippen LogP contribution in [0.5, 0.6) is 0 Å². The van der Waals surface area contributed by atoms with E-state index in [1.54, 1.807) is 0 Å². The van der Waals surface area contributed by atoms with Crippen LogP contribution in [0.4, 0.5) is 20.2 Å². The third-order valence-corrected chi connectivity index (χ3v) is 8.91. The molecule has 0 spiro atoms. The van der Waals surface area contributed by atoms with E-state index in [9.17, 15) is 0 Å². The molecule has 2 nitrogen and oxygen atoms in total. The van der Waals surface area contributed by atoms with Crippen molar-refractivity contribution in [1.82, 2.24) is 0 Å². The van der Waals surface area contributed by atoms with Gasteiger partial charge in [-0.3, -0.25) is 0 Å². The highest BCUT2D eigenvalue weighted by atomic mass is 19.2. The van der Waals surface area contributed by atoms with Gasteiger partial charge in [-0.2, -0.15) is 0 Å². The molecule has 6 aromatic rings. The van der Waals surface area contributed by atoms with Crippen LogP contribution in [0.1, 0.15) is 56.6 Å². The first-order valence-electron chi connectivity index (χ1n) is 15.2. The number of para-hydroxylation sites is 1. The maximum absolute atomic E-state index is 16.0. The Labute approximate surface area is 257 Å². The molecule has 0 saturated carbocycles. The van der Waals surface area contributed by atoms with Gasteiger partial charge in [0.05, 0.1) is 12.1 Å². The Balaban J connectivity index is 1.40. The summed E-state index contributed by atoms with van der Waals surface area (Å²) in [5.74, 6) is -1.63. The van der Waals surface area contributed by atoms with Gasteiger partial charge < -0.3 is 10.6 Å². The highest BCUT2D eigenvalue weighted by Gasteiger charge is 2.36. The van der Waals surface area contributed by atoms with Gasteiger partial charge in [-0.15, -0.1) is 0 Å². The largest absolute Gasteiger partial charge is 0.375 e. The number of nitrogens with one attached hydrogen (secondary N) is 2. The number of benzene rings is 6. The van der Waals surface area contributed by atoms with E-state index in [0.717, 1.165) is 44.5 Å². The van der Waals surface area contributed by atoms with Crippen molar-refractivity contribution in [1.29, 1.82) is 0 Å². The molecule has 1 aliphatic carbocycles. The fraction of sp³-hybridized carbons (Fsp3) is 0.150. The Morgan fingerprint density at radius 1 is 0.568 bits per heavy atom. The highest BCUT2D eigenvalue weighted by Crippen LogP contribution is 2.48. The van der Waals surface area contributed by atoms with E-state index < -0.39 is 11.6 Å². The molecule has 6 aromatic carbocycles. The van der Waals surface area contributed by atoms with Crippen LogP contribution in [0.2, 0.25) is 0 Å². The molecule has 0 aliphatic heterocycles. The van der Waals surface area contributed by atoms with Crippen LogP contribution in [-0.4, -0.2) is 0 Å². The SMILES string of the molecule is Cc1cccc(C)c1NC1c2cccc3cccc(c23)C1Nc1c(Cc2ccccc2)cc(F)c(F)c1Cc1ccccc1. The lowest BCUT2D eigenvalue weighted by Gasteiger charge is -2.30. The predicted octanol–water partition coefficient (Wildman–Crippen LogP) is 10.2. The van der Waals surface area contributed by atoms with Gasteiger partial charge in [0.15, 0.2) is 11.6 Å². The second-order valence-electron chi connectivity index (χ2n) is 11.8. The monoisotopic (exact) mass is 580 g/mol. The van der Waals surface area contributed by atoms with Crippen LogP contribution in [0, 0.1) is 25.5 Å². The van der Waals surface area contributed by atoms with E-state index in [-0.39, 0.29) is 18.5 Å². The average Bonchev–Trinajstić information content (AvgIpc) is 3.33. The number of hydrogen-bond acceptors (Lipinski definition) is 2. The lowest BCUT2D eigenvalue weighted by atomic mass is 9.93. The van der Waals surface area contributed by atoms with E-state index >= 15 is 8.78 Å². The molecule has 2 unspecified atom stereocenters. The fourth-order valence-corrected chi connectivity index (χ4v) is 6.79. The van der Waals surface area contributed by atoms with Crippen molar-refractivity contribution < 1.29 is 8.78 Å². The van der Waals surface area contributed by atoms with Gasteiger partial charge in [0.1, 0.15) is 0 Å². The van der Waals surface area contributed by atoms with Crippen LogP contribution in [0.15, 0.2) is 121 Å². The number of aryl methyl sites for hydroxylation is 2. The highest BCUT2D eigenvalue weighted by molar-refractivity contribution is 5.93. The van der Waals surface area contributed by atoms with E-state index in [0.29, 0.717) is 17.7 Å². The molecule has 0 fully saturated rings. The molecule has 2 N–H and O–H groups in total. The minimum atomic E-state index is -0.825. The van der Waals surface area contributed by atoms with Crippen molar-refractivity contribution in [2.45, 2.75) is 38.8 Å². The predicted molar refractivity (Wildman–Crippen MR) is 177 cm³/mol. The summed E-state index contributed by atoms with van der Waals surface area (Å²) in [4.78, 5) is 0. The molecule has 4 heteroatoms. The Morgan fingerprint density at radius 2 is 1.09 bits per heavy atom. The van der Waals surface area contributed by atoms with Crippen LogP contribution in [0.3, 0.4) is 0 Å². The summed E-state index contributed by atoms with van der Waals surface area (Å²) >= 11 is 0. The molecule has 0 bridgehead atoms. The summed E-state index contributed by atoms with van der Waals surface area (Å²) in [6, 6.07) is 39.8. The fourth-order valence-electron chi connectivity index (χ4n) is 6.79. The first-order valence-corrected chi connectivity index (χ1v) is 15.2. The third kappa shape index (κ3) is 5.11. The summed E-state index contributed by atoms with van der Waals surface area (Å²) in [6.45, 7) is 4.23. The summed E-state index contributed by atoms with van der Waals surface area (Å²) < 4.78 is 31.3. The van der Waals surface area contributed by atoms with Gasteiger partial charge in [0.2, 0.25) is 0 Å². The van der Waals surface area contributed by atoms with Gasteiger partial charge in [0, 0.05) is 23.4 Å². The Bertz CT molecular complexity index is 1940. The van der Waals surface area contributed by atoms with Gasteiger partial charge in [0.25, 0.3) is 0 Å². The van der Waals surface area contributed by atoms with Gasteiger partial charge in [-0.05, 0) is 76.1 Å². The first-order chi connectivity index (χ1) is 21.5. The molecule has 0 radical (unpaired) electrons. The minimum absolute atomic E-state index is 0.141. The zero-order valence-electron chi connectivity index (χ0n) is 24.9. The third-order valence-electron chi connectivity index (χ3n) is 8.91. The quantitative estimate of drug-likeness (QED) is 0.187. The number of rotatable bonds is 8.